The van der Waals surface area contributed by atoms with Crippen molar-refractivity contribution in [2.75, 3.05) is 12.0 Å². The van der Waals surface area contributed by atoms with Gasteiger partial charge in [-0.25, -0.2) is 9.37 Å². The van der Waals surface area contributed by atoms with Gasteiger partial charge in [0.25, 0.3) is 0 Å². The van der Waals surface area contributed by atoms with Crippen molar-refractivity contribution in [3.05, 3.63) is 29.8 Å². The topological polar surface area (TPSA) is 17.8 Å². The Morgan fingerprint density at radius 2 is 2.17 bits per heavy atom. The first-order valence-corrected chi connectivity index (χ1v) is 7.68. The molecule has 0 aliphatic rings. The number of aromatic nitrogens is 2. The summed E-state index contributed by atoms with van der Waals surface area (Å²) in [6.45, 7) is 3.97. The molecule has 0 amide bonds. The third-order valence-electron chi connectivity index (χ3n) is 2.90. The molecule has 98 valence electrons. The van der Waals surface area contributed by atoms with Crippen LogP contribution in [0.1, 0.15) is 31.1 Å². The van der Waals surface area contributed by atoms with Crippen LogP contribution in [-0.2, 0) is 0 Å². The molecule has 0 radical (unpaired) electrons. The lowest BCUT2D eigenvalue weighted by molar-refractivity contribution is 0.593. The van der Waals surface area contributed by atoms with Crippen LogP contribution in [0, 0.1) is 5.82 Å². The van der Waals surface area contributed by atoms with E-state index in [1.165, 1.54) is 6.07 Å². The summed E-state index contributed by atoms with van der Waals surface area (Å²) in [6, 6.07) is 5.28. The van der Waals surface area contributed by atoms with Crippen molar-refractivity contribution >= 4 is 34.4 Å². The van der Waals surface area contributed by atoms with Gasteiger partial charge in [-0.2, -0.15) is 11.8 Å². The molecule has 0 bridgehead atoms. The summed E-state index contributed by atoms with van der Waals surface area (Å²) in [6.07, 6.45) is 2.06. The molecule has 1 aromatic carbocycles. The van der Waals surface area contributed by atoms with Crippen molar-refractivity contribution in [1.29, 1.82) is 0 Å². The quantitative estimate of drug-likeness (QED) is 0.775. The van der Waals surface area contributed by atoms with Crippen LogP contribution in [0.15, 0.2) is 18.2 Å². The van der Waals surface area contributed by atoms with Crippen LogP contribution < -0.4 is 0 Å². The Hall–Kier alpha value is -0.740. The average molecular weight is 287 g/mol. The lowest BCUT2D eigenvalue weighted by atomic mass is 10.2. The largest absolute Gasteiger partial charge is 0.323 e. The number of halogens is 2. The van der Waals surface area contributed by atoms with Gasteiger partial charge in [-0.05, 0) is 32.2 Å². The van der Waals surface area contributed by atoms with E-state index in [0.717, 1.165) is 17.1 Å². The predicted molar refractivity (Wildman–Crippen MR) is 77.1 cm³/mol. The fourth-order valence-electron chi connectivity index (χ4n) is 2.16. The van der Waals surface area contributed by atoms with Crippen LogP contribution in [0.5, 0.6) is 0 Å². The maximum Gasteiger partial charge on any atom is 0.151 e. The van der Waals surface area contributed by atoms with Gasteiger partial charge >= 0.3 is 0 Å². The van der Waals surface area contributed by atoms with Crippen LogP contribution in [-0.4, -0.2) is 21.6 Å². The van der Waals surface area contributed by atoms with Gasteiger partial charge in [0.15, 0.2) is 5.82 Å². The van der Waals surface area contributed by atoms with Crippen molar-refractivity contribution < 1.29 is 4.39 Å². The second kappa shape index (κ2) is 5.49. The van der Waals surface area contributed by atoms with Gasteiger partial charge in [0.2, 0.25) is 0 Å². The first-order chi connectivity index (χ1) is 8.56. The highest BCUT2D eigenvalue weighted by atomic mass is 35.5. The predicted octanol–water partition coefficient (Wildman–Crippen LogP) is 4.40. The first kappa shape index (κ1) is 13.7. The van der Waals surface area contributed by atoms with E-state index in [0.29, 0.717) is 5.52 Å². The molecule has 0 saturated heterocycles. The summed E-state index contributed by atoms with van der Waals surface area (Å²) in [5.41, 5.74) is 1.23. The monoisotopic (exact) mass is 286 g/mol. The summed E-state index contributed by atoms with van der Waals surface area (Å²) in [4.78, 5) is 4.36. The van der Waals surface area contributed by atoms with E-state index in [1.54, 1.807) is 17.8 Å². The Kier molecular flexibility index (Phi) is 4.17. The van der Waals surface area contributed by atoms with Crippen LogP contribution in [0.2, 0.25) is 0 Å². The summed E-state index contributed by atoms with van der Waals surface area (Å²) in [5, 5.41) is -0.235. The molecule has 2 nitrogen and oxygen atoms in total. The second-order valence-corrected chi connectivity index (χ2v) is 5.93. The smallest absolute Gasteiger partial charge is 0.151 e. The van der Waals surface area contributed by atoms with Crippen LogP contribution in [0.4, 0.5) is 4.39 Å². The Labute approximate surface area is 116 Å². The number of thioether (sulfide) groups is 1. The number of para-hydroxylation sites is 1. The van der Waals surface area contributed by atoms with E-state index < -0.39 is 0 Å². The highest BCUT2D eigenvalue weighted by Gasteiger charge is 2.20. The molecule has 0 aliphatic carbocycles. The fourth-order valence-corrected chi connectivity index (χ4v) is 2.95. The summed E-state index contributed by atoms with van der Waals surface area (Å²) in [5.74, 6) is 1.39. The van der Waals surface area contributed by atoms with Gasteiger partial charge < -0.3 is 4.57 Å². The number of fused-ring (bicyclic) bond motifs is 1. The Bertz CT molecular complexity index is 553. The maximum absolute atomic E-state index is 13.8. The number of hydrogen-bond acceptors (Lipinski definition) is 2. The Morgan fingerprint density at radius 3 is 2.78 bits per heavy atom. The molecular weight excluding hydrogens is 271 g/mol. The second-order valence-electron chi connectivity index (χ2n) is 4.37. The van der Waals surface area contributed by atoms with Crippen molar-refractivity contribution in [2.24, 2.45) is 0 Å². The average Bonchev–Trinajstić information content (AvgIpc) is 2.70. The van der Waals surface area contributed by atoms with E-state index in [-0.39, 0.29) is 17.2 Å². The molecule has 0 aliphatic heterocycles. The molecule has 2 aromatic rings. The zero-order chi connectivity index (χ0) is 13.3. The molecule has 2 rings (SSSR count). The summed E-state index contributed by atoms with van der Waals surface area (Å²) >= 11 is 7.92. The maximum atomic E-state index is 13.8. The van der Waals surface area contributed by atoms with E-state index in [4.69, 9.17) is 11.6 Å². The molecular formula is C13H16ClFN2S. The van der Waals surface area contributed by atoms with Crippen LogP contribution >= 0.6 is 23.4 Å². The number of hydrogen-bond donors (Lipinski definition) is 0. The Balaban J connectivity index is 2.66. The minimum Gasteiger partial charge on any atom is -0.323 e. The number of imidazole rings is 1. The molecule has 1 aromatic heterocycles. The van der Waals surface area contributed by atoms with Crippen LogP contribution in [0.3, 0.4) is 0 Å². The minimum absolute atomic E-state index is 0.235. The standard InChI is InChI=1S/C13H16ClFN2S/c1-8(7-18-3)17-11-6-4-5-10(15)12(11)16-13(17)9(2)14/h4-6,8-9H,7H2,1-3H3. The molecule has 0 spiro atoms. The van der Waals surface area contributed by atoms with Gasteiger partial charge in [-0.3, -0.25) is 0 Å². The number of alkyl halides is 1. The zero-order valence-electron chi connectivity index (χ0n) is 10.7. The Morgan fingerprint density at radius 1 is 1.44 bits per heavy atom. The third kappa shape index (κ3) is 2.36. The zero-order valence-corrected chi connectivity index (χ0v) is 12.2. The molecule has 18 heavy (non-hydrogen) atoms. The van der Waals surface area contributed by atoms with Gasteiger partial charge in [0, 0.05) is 11.8 Å². The molecule has 0 fully saturated rings. The highest BCUT2D eigenvalue weighted by molar-refractivity contribution is 7.98. The number of nitrogens with zero attached hydrogens (tertiary/aromatic N) is 2. The summed E-state index contributed by atoms with van der Waals surface area (Å²) < 4.78 is 15.8. The van der Waals surface area contributed by atoms with E-state index in [2.05, 4.69) is 18.2 Å². The molecule has 2 unspecified atom stereocenters. The number of rotatable bonds is 4. The van der Waals surface area contributed by atoms with Crippen molar-refractivity contribution in [1.82, 2.24) is 9.55 Å². The summed E-state index contributed by atoms with van der Waals surface area (Å²) in [7, 11) is 0. The third-order valence-corrected chi connectivity index (χ3v) is 3.91. The van der Waals surface area contributed by atoms with E-state index >= 15 is 0 Å². The number of benzene rings is 1. The van der Waals surface area contributed by atoms with Crippen molar-refractivity contribution in [3.8, 4) is 0 Å². The van der Waals surface area contributed by atoms with E-state index in [1.807, 2.05) is 17.6 Å². The minimum atomic E-state index is -0.291. The molecule has 1 heterocycles. The normalized spacial score (nSPS) is 14.9. The van der Waals surface area contributed by atoms with Gasteiger partial charge in [0.1, 0.15) is 11.3 Å². The van der Waals surface area contributed by atoms with E-state index in [9.17, 15) is 4.39 Å². The SMILES string of the molecule is CSCC(C)n1c(C(C)Cl)nc2c(F)cccc21. The molecule has 0 N–H and O–H groups in total. The lowest BCUT2D eigenvalue weighted by Crippen LogP contribution is -2.11. The van der Waals surface area contributed by atoms with Crippen molar-refractivity contribution in [3.63, 3.8) is 0 Å². The molecule has 2 atom stereocenters. The molecule has 0 saturated carbocycles. The van der Waals surface area contributed by atoms with Gasteiger partial charge in [-0.15, -0.1) is 11.6 Å². The lowest BCUT2D eigenvalue weighted by Gasteiger charge is -2.17. The first-order valence-electron chi connectivity index (χ1n) is 5.85. The van der Waals surface area contributed by atoms with Crippen molar-refractivity contribution in [2.45, 2.75) is 25.3 Å². The molecule has 5 heteroatoms. The highest BCUT2D eigenvalue weighted by Crippen LogP contribution is 2.30. The fraction of sp³-hybridized carbons (Fsp3) is 0.462. The van der Waals surface area contributed by atoms with Crippen LogP contribution in [0.25, 0.3) is 11.0 Å². The van der Waals surface area contributed by atoms with Gasteiger partial charge in [0.05, 0.1) is 10.9 Å². The van der Waals surface area contributed by atoms with Gasteiger partial charge in [-0.1, -0.05) is 6.07 Å².